The van der Waals surface area contributed by atoms with Gasteiger partial charge in [0.05, 0.1) is 0 Å². The Labute approximate surface area is 197 Å². The van der Waals surface area contributed by atoms with Crippen molar-refractivity contribution < 1.29 is 14.3 Å². The first-order chi connectivity index (χ1) is 15.1. The molecule has 0 aromatic heterocycles. The summed E-state index contributed by atoms with van der Waals surface area (Å²) in [5, 5.41) is 5.75. The van der Waals surface area contributed by atoms with Crippen molar-refractivity contribution in [3.63, 3.8) is 0 Å². The molecule has 0 saturated heterocycles. The fourth-order valence-corrected chi connectivity index (χ4v) is 3.58. The highest BCUT2D eigenvalue weighted by Gasteiger charge is 2.20. The molecule has 0 aliphatic carbocycles. The second-order valence-electron chi connectivity index (χ2n) is 8.58. The van der Waals surface area contributed by atoms with Crippen LogP contribution in [0.2, 0.25) is 0 Å². The molecule has 0 bridgehead atoms. The summed E-state index contributed by atoms with van der Waals surface area (Å²) in [7, 11) is 0. The summed E-state index contributed by atoms with van der Waals surface area (Å²) in [5.74, 6) is 0.252. The molecule has 6 heteroatoms. The van der Waals surface area contributed by atoms with Crippen molar-refractivity contribution in [3.05, 3.63) is 87.9 Å². The Bertz CT molecular complexity index is 1120. The molecule has 5 nitrogen and oxygen atoms in total. The van der Waals surface area contributed by atoms with Crippen molar-refractivity contribution >= 4 is 39.1 Å². The van der Waals surface area contributed by atoms with Crippen LogP contribution in [0.3, 0.4) is 0 Å². The molecular formula is C26H27BrN2O3. The molecule has 2 N–H and O–H groups in total. The highest BCUT2D eigenvalue weighted by atomic mass is 79.9. The standard InChI is InChI=1S/C26H27BrN2O3/c1-17-14-20(11-12-22(17)29-25(31)18-8-6-5-7-9-18)28-24(30)16-32-23-13-10-19(27)15-21(23)26(2,3)4/h5-15H,16H2,1-4H3,(H,28,30)(H,29,31). The molecule has 0 aliphatic heterocycles. The molecule has 3 rings (SSSR count). The van der Waals surface area contributed by atoms with Crippen LogP contribution in [0.25, 0.3) is 0 Å². The highest BCUT2D eigenvalue weighted by Crippen LogP contribution is 2.33. The molecule has 0 heterocycles. The van der Waals surface area contributed by atoms with E-state index in [9.17, 15) is 9.59 Å². The summed E-state index contributed by atoms with van der Waals surface area (Å²) in [6.45, 7) is 8.08. The number of ether oxygens (including phenoxy) is 1. The Balaban J connectivity index is 1.62. The number of aryl methyl sites for hydroxylation is 1. The van der Waals surface area contributed by atoms with Gasteiger partial charge in [-0.15, -0.1) is 0 Å². The van der Waals surface area contributed by atoms with Crippen LogP contribution in [0, 0.1) is 6.92 Å². The topological polar surface area (TPSA) is 67.4 Å². The quantitative estimate of drug-likeness (QED) is 0.420. The summed E-state index contributed by atoms with van der Waals surface area (Å²) in [5.41, 5.74) is 3.67. The van der Waals surface area contributed by atoms with Crippen molar-refractivity contribution in [1.82, 2.24) is 0 Å². The molecule has 0 fully saturated rings. The van der Waals surface area contributed by atoms with E-state index >= 15 is 0 Å². The predicted molar refractivity (Wildman–Crippen MR) is 133 cm³/mol. The van der Waals surface area contributed by atoms with Gasteiger partial charge in [0, 0.05) is 27.0 Å². The van der Waals surface area contributed by atoms with Gasteiger partial charge in [-0.3, -0.25) is 9.59 Å². The smallest absolute Gasteiger partial charge is 0.262 e. The van der Waals surface area contributed by atoms with Gasteiger partial charge in [0.1, 0.15) is 5.75 Å². The first-order valence-corrected chi connectivity index (χ1v) is 11.1. The van der Waals surface area contributed by atoms with Crippen LogP contribution in [0.1, 0.15) is 42.3 Å². The van der Waals surface area contributed by atoms with E-state index in [2.05, 4.69) is 47.3 Å². The van der Waals surface area contributed by atoms with Crippen LogP contribution in [-0.4, -0.2) is 18.4 Å². The molecular weight excluding hydrogens is 468 g/mol. The van der Waals surface area contributed by atoms with Crippen molar-refractivity contribution in [3.8, 4) is 5.75 Å². The number of benzene rings is 3. The third kappa shape index (κ3) is 6.20. The van der Waals surface area contributed by atoms with Gasteiger partial charge in [-0.1, -0.05) is 54.9 Å². The Hall–Kier alpha value is -3.12. The molecule has 3 aromatic rings. The summed E-state index contributed by atoms with van der Waals surface area (Å²) in [6.07, 6.45) is 0. The number of halogens is 1. The third-order valence-electron chi connectivity index (χ3n) is 4.90. The Morgan fingerprint density at radius 2 is 1.66 bits per heavy atom. The van der Waals surface area contributed by atoms with E-state index in [1.165, 1.54) is 0 Å². The van der Waals surface area contributed by atoms with E-state index in [1.807, 2.05) is 49.4 Å². The number of hydrogen-bond donors (Lipinski definition) is 2. The van der Waals surface area contributed by atoms with Crippen molar-refractivity contribution in [2.75, 3.05) is 17.2 Å². The second kappa shape index (κ2) is 10.0. The average molecular weight is 495 g/mol. The van der Waals surface area contributed by atoms with Crippen molar-refractivity contribution in [1.29, 1.82) is 0 Å². The minimum atomic E-state index is -0.256. The van der Waals surface area contributed by atoms with Crippen molar-refractivity contribution in [2.45, 2.75) is 33.1 Å². The minimum Gasteiger partial charge on any atom is -0.483 e. The molecule has 0 unspecified atom stereocenters. The second-order valence-corrected chi connectivity index (χ2v) is 9.49. The number of nitrogens with one attached hydrogen (secondary N) is 2. The first kappa shape index (κ1) is 23.5. The Morgan fingerprint density at radius 3 is 2.31 bits per heavy atom. The molecule has 0 radical (unpaired) electrons. The number of carbonyl (C=O) groups excluding carboxylic acids is 2. The van der Waals surface area contributed by atoms with E-state index < -0.39 is 0 Å². The van der Waals surface area contributed by atoms with E-state index in [0.717, 1.165) is 15.6 Å². The maximum atomic E-state index is 12.5. The van der Waals surface area contributed by atoms with Gasteiger partial charge >= 0.3 is 0 Å². The zero-order chi connectivity index (χ0) is 23.3. The SMILES string of the molecule is Cc1cc(NC(=O)COc2ccc(Br)cc2C(C)(C)C)ccc1NC(=O)c1ccccc1. The molecule has 0 aliphatic rings. The van der Waals surface area contributed by atoms with Gasteiger partial charge in [0.2, 0.25) is 0 Å². The molecule has 166 valence electrons. The maximum Gasteiger partial charge on any atom is 0.262 e. The first-order valence-electron chi connectivity index (χ1n) is 10.3. The Kier molecular flexibility index (Phi) is 7.36. The predicted octanol–water partition coefficient (Wildman–Crippen LogP) is 6.32. The fraction of sp³-hybridized carbons (Fsp3) is 0.231. The number of anilines is 2. The number of carbonyl (C=O) groups is 2. The van der Waals surface area contributed by atoms with Crippen molar-refractivity contribution in [2.24, 2.45) is 0 Å². The Morgan fingerprint density at radius 1 is 0.938 bits per heavy atom. The maximum absolute atomic E-state index is 12.5. The molecule has 0 spiro atoms. The van der Waals surface area contributed by atoms with Gasteiger partial charge in [-0.2, -0.15) is 0 Å². The molecule has 3 aromatic carbocycles. The lowest BCUT2D eigenvalue weighted by molar-refractivity contribution is -0.118. The zero-order valence-electron chi connectivity index (χ0n) is 18.7. The number of hydrogen-bond acceptors (Lipinski definition) is 3. The van der Waals surface area contributed by atoms with Crippen LogP contribution in [0.15, 0.2) is 71.2 Å². The lowest BCUT2D eigenvalue weighted by atomic mass is 9.86. The molecule has 32 heavy (non-hydrogen) atoms. The van der Waals surface area contributed by atoms with Crippen LogP contribution in [0.4, 0.5) is 11.4 Å². The van der Waals surface area contributed by atoms with Gasteiger partial charge in [0.25, 0.3) is 11.8 Å². The summed E-state index contributed by atoms with van der Waals surface area (Å²) in [6, 6.07) is 20.2. The fourth-order valence-electron chi connectivity index (χ4n) is 3.22. The summed E-state index contributed by atoms with van der Waals surface area (Å²) >= 11 is 3.49. The average Bonchev–Trinajstić information content (AvgIpc) is 2.74. The lowest BCUT2D eigenvalue weighted by Crippen LogP contribution is -2.22. The largest absolute Gasteiger partial charge is 0.483 e. The highest BCUT2D eigenvalue weighted by molar-refractivity contribution is 9.10. The van der Waals surface area contributed by atoms with E-state index in [4.69, 9.17) is 4.74 Å². The lowest BCUT2D eigenvalue weighted by Gasteiger charge is -2.23. The van der Waals surface area contributed by atoms with Crippen LogP contribution >= 0.6 is 15.9 Å². The minimum absolute atomic E-state index is 0.101. The van der Waals surface area contributed by atoms with Gasteiger partial charge in [0.15, 0.2) is 6.61 Å². The van der Waals surface area contributed by atoms with Gasteiger partial charge in [-0.25, -0.2) is 0 Å². The summed E-state index contributed by atoms with van der Waals surface area (Å²) in [4.78, 5) is 24.8. The van der Waals surface area contributed by atoms with E-state index in [1.54, 1.807) is 24.3 Å². The van der Waals surface area contributed by atoms with Crippen LogP contribution < -0.4 is 15.4 Å². The van der Waals surface area contributed by atoms with E-state index in [-0.39, 0.29) is 23.8 Å². The van der Waals surface area contributed by atoms with Gasteiger partial charge < -0.3 is 15.4 Å². The molecule has 0 saturated carbocycles. The molecule has 2 amide bonds. The molecule has 0 atom stereocenters. The number of rotatable bonds is 6. The van der Waals surface area contributed by atoms with Crippen LogP contribution in [-0.2, 0) is 10.2 Å². The monoisotopic (exact) mass is 494 g/mol. The normalized spacial score (nSPS) is 11.0. The van der Waals surface area contributed by atoms with Gasteiger partial charge in [-0.05, 0) is 66.4 Å². The zero-order valence-corrected chi connectivity index (χ0v) is 20.2. The summed E-state index contributed by atoms with van der Waals surface area (Å²) < 4.78 is 6.79. The number of amides is 2. The third-order valence-corrected chi connectivity index (χ3v) is 5.40. The van der Waals surface area contributed by atoms with Crippen LogP contribution in [0.5, 0.6) is 5.75 Å². The van der Waals surface area contributed by atoms with E-state index in [0.29, 0.717) is 22.7 Å².